The van der Waals surface area contributed by atoms with E-state index < -0.39 is 0 Å². The van der Waals surface area contributed by atoms with Gasteiger partial charge in [0.1, 0.15) is 0 Å². The first-order valence-corrected chi connectivity index (χ1v) is 2.76. The van der Waals surface area contributed by atoms with E-state index in [1.807, 2.05) is 14.0 Å². The molecule has 1 atom stereocenters. The van der Waals surface area contributed by atoms with Gasteiger partial charge >= 0.3 is 0 Å². The van der Waals surface area contributed by atoms with Crippen molar-refractivity contribution in [2.75, 3.05) is 7.05 Å². The third kappa shape index (κ3) is 2.77. The van der Waals surface area contributed by atoms with E-state index in [0.29, 0.717) is 6.04 Å². The monoisotopic (exact) mass is 114 g/mol. The summed E-state index contributed by atoms with van der Waals surface area (Å²) in [7, 11) is 1.85. The lowest BCUT2D eigenvalue weighted by Gasteiger charge is -2.10. The summed E-state index contributed by atoms with van der Waals surface area (Å²) in [4.78, 5) is 0. The number of hydrogen-bond acceptors (Lipinski definition) is 2. The Morgan fingerprint density at radius 2 is 2.12 bits per heavy atom. The normalized spacial score (nSPS) is 13.4. The molecule has 2 heteroatoms. The zero-order valence-corrected chi connectivity index (χ0v) is 5.78. The molecule has 2 N–H and O–H groups in total. The minimum absolute atomic E-state index is 0.361. The summed E-state index contributed by atoms with van der Waals surface area (Å²) in [6.07, 6.45) is 0. The Labute approximate surface area is 50.9 Å². The number of rotatable bonds is 3. The number of nitrogens with one attached hydrogen (secondary N) is 2. The molecule has 0 saturated carbocycles. The summed E-state index contributed by atoms with van der Waals surface area (Å²) in [6, 6.07) is 0.361. The Morgan fingerprint density at radius 3 is 2.25 bits per heavy atom. The van der Waals surface area contributed by atoms with Crippen molar-refractivity contribution in [2.24, 2.45) is 0 Å². The zero-order valence-electron chi connectivity index (χ0n) is 5.78. The van der Waals surface area contributed by atoms with E-state index in [1.54, 1.807) is 0 Å². The van der Waals surface area contributed by atoms with Crippen LogP contribution in [-0.2, 0) is 0 Å². The number of hydrazine groups is 1. The highest BCUT2D eigenvalue weighted by Gasteiger charge is 1.95. The van der Waals surface area contributed by atoms with E-state index in [1.165, 1.54) is 0 Å². The van der Waals surface area contributed by atoms with Gasteiger partial charge in [-0.2, -0.15) is 0 Å². The predicted molar refractivity (Wildman–Crippen MR) is 36.5 cm³/mol. The smallest absolute Gasteiger partial charge is 0.0388 e. The second-order valence-corrected chi connectivity index (χ2v) is 1.96. The van der Waals surface area contributed by atoms with E-state index >= 15 is 0 Å². The first-order valence-electron chi connectivity index (χ1n) is 2.76. The van der Waals surface area contributed by atoms with Crippen molar-refractivity contribution in [1.29, 1.82) is 0 Å². The van der Waals surface area contributed by atoms with Crippen LogP contribution in [0, 0.1) is 0 Å². The van der Waals surface area contributed by atoms with Crippen LogP contribution in [0.1, 0.15) is 13.8 Å². The van der Waals surface area contributed by atoms with Crippen LogP contribution >= 0.6 is 0 Å². The van der Waals surface area contributed by atoms with Crippen molar-refractivity contribution >= 4 is 0 Å². The highest BCUT2D eigenvalue weighted by atomic mass is 15.3. The van der Waals surface area contributed by atoms with Gasteiger partial charge in [0.2, 0.25) is 0 Å². The van der Waals surface area contributed by atoms with Crippen molar-refractivity contribution < 1.29 is 0 Å². The molecule has 0 fully saturated rings. The van der Waals surface area contributed by atoms with Crippen LogP contribution in [0.5, 0.6) is 0 Å². The van der Waals surface area contributed by atoms with E-state index in [2.05, 4.69) is 24.4 Å². The third-order valence-corrected chi connectivity index (χ3v) is 1.10. The first-order chi connectivity index (χ1) is 3.68. The van der Waals surface area contributed by atoms with Crippen LogP contribution in [0.4, 0.5) is 0 Å². The van der Waals surface area contributed by atoms with Gasteiger partial charge in [0, 0.05) is 6.04 Å². The average molecular weight is 114 g/mol. The Hall–Kier alpha value is -0.340. The molecule has 48 valence electrons. The molecule has 0 bridgehead atoms. The van der Waals surface area contributed by atoms with Gasteiger partial charge in [-0.05, 0) is 20.9 Å². The quantitative estimate of drug-likeness (QED) is 0.416. The van der Waals surface area contributed by atoms with Gasteiger partial charge in [0.25, 0.3) is 0 Å². The number of hydrogen-bond donors (Lipinski definition) is 2. The Morgan fingerprint density at radius 1 is 1.62 bits per heavy atom. The van der Waals surface area contributed by atoms with E-state index in [4.69, 9.17) is 0 Å². The fourth-order valence-corrected chi connectivity index (χ4v) is 0.340. The lowest BCUT2D eigenvalue weighted by atomic mass is 10.2. The molecule has 1 unspecified atom stereocenters. The topological polar surface area (TPSA) is 24.1 Å². The second kappa shape index (κ2) is 3.64. The fourth-order valence-electron chi connectivity index (χ4n) is 0.340. The average Bonchev–Trinajstić information content (AvgIpc) is 1.67. The van der Waals surface area contributed by atoms with Crippen LogP contribution in [0.25, 0.3) is 0 Å². The van der Waals surface area contributed by atoms with Crippen LogP contribution in [0.15, 0.2) is 12.2 Å². The molecule has 0 aliphatic rings. The van der Waals surface area contributed by atoms with E-state index in [9.17, 15) is 0 Å². The van der Waals surface area contributed by atoms with Crippen molar-refractivity contribution in [1.82, 2.24) is 10.9 Å². The van der Waals surface area contributed by atoms with Crippen molar-refractivity contribution in [2.45, 2.75) is 19.9 Å². The third-order valence-electron chi connectivity index (χ3n) is 1.10. The molecule has 0 aromatic heterocycles. The molecule has 0 amide bonds. The van der Waals surface area contributed by atoms with Gasteiger partial charge in [-0.15, -0.1) is 0 Å². The van der Waals surface area contributed by atoms with Crippen LogP contribution < -0.4 is 10.9 Å². The summed E-state index contributed by atoms with van der Waals surface area (Å²) in [6.45, 7) is 7.82. The highest BCUT2D eigenvalue weighted by Crippen LogP contribution is 1.92. The second-order valence-electron chi connectivity index (χ2n) is 1.96. The van der Waals surface area contributed by atoms with Crippen molar-refractivity contribution in [3.8, 4) is 0 Å². The molecule has 0 aliphatic heterocycles. The maximum Gasteiger partial charge on any atom is 0.0388 e. The molecular weight excluding hydrogens is 100 g/mol. The van der Waals surface area contributed by atoms with Crippen molar-refractivity contribution in [3.63, 3.8) is 0 Å². The van der Waals surface area contributed by atoms with Crippen molar-refractivity contribution in [3.05, 3.63) is 12.2 Å². The summed E-state index contributed by atoms with van der Waals surface area (Å²) >= 11 is 0. The van der Waals surface area contributed by atoms with Gasteiger partial charge < -0.3 is 0 Å². The lowest BCUT2D eigenvalue weighted by Crippen LogP contribution is -2.36. The molecule has 0 saturated heterocycles. The van der Waals surface area contributed by atoms with Gasteiger partial charge in [0.05, 0.1) is 0 Å². The van der Waals surface area contributed by atoms with Gasteiger partial charge in [0.15, 0.2) is 0 Å². The SMILES string of the molecule is C=C(C)C(C)NNC. The molecular formula is C6H14N2. The maximum atomic E-state index is 3.77. The Kier molecular flexibility index (Phi) is 3.48. The predicted octanol–water partition coefficient (Wildman–Crippen LogP) is 0.675. The molecule has 0 heterocycles. The Bertz CT molecular complexity index is 78.6. The standard InChI is InChI=1S/C6H14N2/c1-5(2)6(3)8-7-4/h6-8H,1H2,2-4H3. The molecule has 0 spiro atoms. The molecule has 2 nitrogen and oxygen atoms in total. The molecule has 0 aliphatic carbocycles. The largest absolute Gasteiger partial charge is 0.260 e. The molecule has 0 aromatic carbocycles. The van der Waals surface area contributed by atoms with E-state index in [-0.39, 0.29) is 0 Å². The Balaban J connectivity index is 3.32. The summed E-state index contributed by atoms with van der Waals surface area (Å²) < 4.78 is 0. The van der Waals surface area contributed by atoms with Crippen LogP contribution in [0.2, 0.25) is 0 Å². The van der Waals surface area contributed by atoms with Gasteiger partial charge in [-0.1, -0.05) is 12.2 Å². The van der Waals surface area contributed by atoms with E-state index in [0.717, 1.165) is 5.57 Å². The summed E-state index contributed by atoms with van der Waals surface area (Å²) in [5.74, 6) is 0. The van der Waals surface area contributed by atoms with Crippen LogP contribution in [0.3, 0.4) is 0 Å². The van der Waals surface area contributed by atoms with Gasteiger partial charge in [-0.3, -0.25) is 10.9 Å². The minimum atomic E-state index is 0.361. The fraction of sp³-hybridized carbons (Fsp3) is 0.667. The van der Waals surface area contributed by atoms with Gasteiger partial charge in [-0.25, -0.2) is 0 Å². The highest BCUT2D eigenvalue weighted by molar-refractivity contribution is 4.97. The summed E-state index contributed by atoms with van der Waals surface area (Å²) in [5, 5.41) is 0. The van der Waals surface area contributed by atoms with Crippen LogP contribution in [-0.4, -0.2) is 13.1 Å². The molecule has 8 heavy (non-hydrogen) atoms. The maximum absolute atomic E-state index is 3.77. The molecule has 0 rings (SSSR count). The first kappa shape index (κ1) is 7.66. The summed E-state index contributed by atoms with van der Waals surface area (Å²) in [5.41, 5.74) is 6.97. The molecule has 0 aromatic rings. The lowest BCUT2D eigenvalue weighted by molar-refractivity contribution is 0.535. The zero-order chi connectivity index (χ0) is 6.57. The minimum Gasteiger partial charge on any atom is -0.260 e. The molecule has 0 radical (unpaired) electrons.